The molecule has 0 aromatic carbocycles. The highest BCUT2D eigenvalue weighted by atomic mass is 16.8. The summed E-state index contributed by atoms with van der Waals surface area (Å²) in [6, 6.07) is 0. The first kappa shape index (κ1) is 7.53. The van der Waals surface area contributed by atoms with Crippen LogP contribution in [-0.4, -0.2) is 31.7 Å². The third-order valence-corrected chi connectivity index (χ3v) is 2.26. The van der Waals surface area contributed by atoms with Crippen molar-refractivity contribution < 1.29 is 14.2 Å². The Bertz CT molecular complexity index is 151. The van der Waals surface area contributed by atoms with E-state index in [4.69, 9.17) is 14.2 Å². The van der Waals surface area contributed by atoms with Crippen LogP contribution in [0.15, 0.2) is 0 Å². The van der Waals surface area contributed by atoms with Crippen molar-refractivity contribution in [2.75, 3.05) is 19.8 Å². The van der Waals surface area contributed by atoms with Gasteiger partial charge in [0.15, 0.2) is 0 Å². The van der Waals surface area contributed by atoms with Gasteiger partial charge in [0.2, 0.25) is 5.79 Å². The van der Waals surface area contributed by atoms with Gasteiger partial charge in [-0.25, -0.2) is 0 Å². The molecule has 0 aliphatic carbocycles. The minimum atomic E-state index is -0.352. The Balaban J connectivity index is 1.93. The third-order valence-electron chi connectivity index (χ3n) is 2.26. The molecular weight excluding hydrogens is 144 g/mol. The predicted octanol–water partition coefficient (Wildman–Crippen LogP) is 0.784. The fourth-order valence-corrected chi connectivity index (χ4v) is 1.33. The molecule has 0 aromatic heterocycles. The zero-order valence-electron chi connectivity index (χ0n) is 7.00. The van der Waals surface area contributed by atoms with Gasteiger partial charge in [-0.1, -0.05) is 13.8 Å². The highest BCUT2D eigenvalue weighted by Crippen LogP contribution is 2.33. The normalized spacial score (nSPS) is 34.6. The summed E-state index contributed by atoms with van der Waals surface area (Å²) in [5, 5.41) is 0. The van der Waals surface area contributed by atoms with Gasteiger partial charge < -0.3 is 14.2 Å². The lowest BCUT2D eigenvalue weighted by molar-refractivity contribution is -0.299. The average molecular weight is 158 g/mol. The molecule has 3 nitrogen and oxygen atoms in total. The molecule has 2 aliphatic heterocycles. The Morgan fingerprint density at radius 1 is 1.36 bits per heavy atom. The Kier molecular flexibility index (Phi) is 1.67. The van der Waals surface area contributed by atoms with Gasteiger partial charge in [-0.2, -0.15) is 0 Å². The van der Waals surface area contributed by atoms with E-state index in [0.717, 1.165) is 6.61 Å². The maximum Gasteiger partial charge on any atom is 0.216 e. The number of hydrogen-bond acceptors (Lipinski definition) is 3. The molecule has 0 N–H and O–H groups in total. The molecule has 2 fully saturated rings. The molecule has 0 bridgehead atoms. The van der Waals surface area contributed by atoms with Gasteiger partial charge >= 0.3 is 0 Å². The molecule has 0 radical (unpaired) electrons. The van der Waals surface area contributed by atoms with Crippen LogP contribution in [-0.2, 0) is 14.2 Å². The van der Waals surface area contributed by atoms with E-state index in [2.05, 4.69) is 13.8 Å². The summed E-state index contributed by atoms with van der Waals surface area (Å²) >= 11 is 0. The Morgan fingerprint density at radius 3 is 2.36 bits per heavy atom. The molecule has 2 saturated heterocycles. The molecular formula is C8H14O3. The molecule has 1 atom stereocenters. The summed E-state index contributed by atoms with van der Waals surface area (Å²) in [4.78, 5) is 0. The SMILES string of the molecule is CC(C)C1COC2(COC2)O1. The molecule has 0 aromatic rings. The topological polar surface area (TPSA) is 27.7 Å². The first-order chi connectivity index (χ1) is 5.22. The molecule has 11 heavy (non-hydrogen) atoms. The van der Waals surface area contributed by atoms with Gasteiger partial charge in [-0.3, -0.25) is 0 Å². The second-order valence-corrected chi connectivity index (χ2v) is 3.61. The zero-order chi connectivity index (χ0) is 7.90. The molecule has 1 spiro atoms. The van der Waals surface area contributed by atoms with E-state index in [1.165, 1.54) is 0 Å². The second kappa shape index (κ2) is 2.44. The predicted molar refractivity (Wildman–Crippen MR) is 39.2 cm³/mol. The second-order valence-electron chi connectivity index (χ2n) is 3.61. The molecule has 0 amide bonds. The molecule has 1 unspecified atom stereocenters. The van der Waals surface area contributed by atoms with Gasteiger partial charge in [0.05, 0.1) is 12.7 Å². The molecule has 2 heterocycles. The smallest absolute Gasteiger partial charge is 0.216 e. The van der Waals surface area contributed by atoms with E-state index < -0.39 is 0 Å². The molecule has 2 aliphatic rings. The lowest BCUT2D eigenvalue weighted by atomic mass is 10.1. The minimum Gasteiger partial charge on any atom is -0.370 e. The van der Waals surface area contributed by atoms with Crippen molar-refractivity contribution in [2.24, 2.45) is 5.92 Å². The van der Waals surface area contributed by atoms with Crippen molar-refractivity contribution in [3.63, 3.8) is 0 Å². The van der Waals surface area contributed by atoms with Gasteiger partial charge in [-0.15, -0.1) is 0 Å². The summed E-state index contributed by atoms with van der Waals surface area (Å²) in [7, 11) is 0. The van der Waals surface area contributed by atoms with Crippen LogP contribution in [0.4, 0.5) is 0 Å². The van der Waals surface area contributed by atoms with E-state index in [1.807, 2.05) is 0 Å². The largest absolute Gasteiger partial charge is 0.370 e. The maximum absolute atomic E-state index is 5.70. The van der Waals surface area contributed by atoms with Crippen molar-refractivity contribution in [2.45, 2.75) is 25.7 Å². The summed E-state index contributed by atoms with van der Waals surface area (Å²) in [5.74, 6) is 0.185. The van der Waals surface area contributed by atoms with Crippen LogP contribution in [0.2, 0.25) is 0 Å². The number of rotatable bonds is 1. The molecule has 0 saturated carbocycles. The highest BCUT2D eigenvalue weighted by Gasteiger charge is 2.48. The van der Waals surface area contributed by atoms with E-state index in [1.54, 1.807) is 0 Å². The minimum absolute atomic E-state index is 0.263. The fraction of sp³-hybridized carbons (Fsp3) is 1.00. The highest BCUT2D eigenvalue weighted by molar-refractivity contribution is 4.85. The lowest BCUT2D eigenvalue weighted by Gasteiger charge is -2.36. The summed E-state index contributed by atoms with van der Waals surface area (Å²) in [5.41, 5.74) is 0. The van der Waals surface area contributed by atoms with Gasteiger partial charge in [0.1, 0.15) is 13.2 Å². The molecule has 64 valence electrons. The van der Waals surface area contributed by atoms with Crippen molar-refractivity contribution in [1.29, 1.82) is 0 Å². The first-order valence-electron chi connectivity index (χ1n) is 4.11. The Labute approximate surface area is 66.6 Å². The first-order valence-corrected chi connectivity index (χ1v) is 4.11. The van der Waals surface area contributed by atoms with E-state index in [9.17, 15) is 0 Å². The van der Waals surface area contributed by atoms with E-state index in [0.29, 0.717) is 19.1 Å². The monoisotopic (exact) mass is 158 g/mol. The average Bonchev–Trinajstić information content (AvgIpc) is 2.28. The summed E-state index contributed by atoms with van der Waals surface area (Å²) in [6.45, 7) is 6.23. The van der Waals surface area contributed by atoms with Crippen LogP contribution in [0.25, 0.3) is 0 Å². The Morgan fingerprint density at radius 2 is 2.09 bits per heavy atom. The van der Waals surface area contributed by atoms with Crippen molar-refractivity contribution in [3.8, 4) is 0 Å². The van der Waals surface area contributed by atoms with Gasteiger partial charge in [0.25, 0.3) is 0 Å². The number of hydrogen-bond donors (Lipinski definition) is 0. The zero-order valence-corrected chi connectivity index (χ0v) is 7.00. The summed E-state index contributed by atoms with van der Waals surface area (Å²) < 4.78 is 16.2. The summed E-state index contributed by atoms with van der Waals surface area (Å²) in [6.07, 6.45) is 0.263. The van der Waals surface area contributed by atoms with Crippen LogP contribution >= 0.6 is 0 Å². The van der Waals surface area contributed by atoms with Crippen LogP contribution in [0.5, 0.6) is 0 Å². The van der Waals surface area contributed by atoms with Crippen LogP contribution < -0.4 is 0 Å². The standard InChI is InChI=1S/C8H14O3/c1-6(2)7-3-10-8(11-7)4-9-5-8/h6-7H,3-5H2,1-2H3. The fourth-order valence-electron chi connectivity index (χ4n) is 1.33. The molecule has 2 rings (SSSR count). The maximum atomic E-state index is 5.70. The van der Waals surface area contributed by atoms with Crippen LogP contribution in [0.1, 0.15) is 13.8 Å². The van der Waals surface area contributed by atoms with Crippen LogP contribution in [0, 0.1) is 5.92 Å². The molecule has 3 heteroatoms. The number of ether oxygens (including phenoxy) is 3. The van der Waals surface area contributed by atoms with Crippen LogP contribution in [0.3, 0.4) is 0 Å². The third kappa shape index (κ3) is 1.17. The lowest BCUT2D eigenvalue weighted by Crippen LogP contribution is -2.51. The Hall–Kier alpha value is -0.120. The van der Waals surface area contributed by atoms with Crippen molar-refractivity contribution in [1.82, 2.24) is 0 Å². The van der Waals surface area contributed by atoms with Gasteiger partial charge in [0, 0.05) is 0 Å². The van der Waals surface area contributed by atoms with Gasteiger partial charge in [-0.05, 0) is 5.92 Å². The van der Waals surface area contributed by atoms with E-state index >= 15 is 0 Å². The van der Waals surface area contributed by atoms with E-state index in [-0.39, 0.29) is 11.9 Å². The quantitative estimate of drug-likeness (QED) is 0.564. The van der Waals surface area contributed by atoms with Crippen molar-refractivity contribution >= 4 is 0 Å². The van der Waals surface area contributed by atoms with Crippen molar-refractivity contribution in [3.05, 3.63) is 0 Å².